The van der Waals surface area contributed by atoms with Gasteiger partial charge in [0.05, 0.1) is 11.9 Å². The van der Waals surface area contributed by atoms with Gasteiger partial charge in [0.1, 0.15) is 11.7 Å². The van der Waals surface area contributed by atoms with Crippen molar-refractivity contribution in [2.24, 2.45) is 0 Å². The highest BCUT2D eigenvalue weighted by Gasteiger charge is 2.30. The fourth-order valence-electron chi connectivity index (χ4n) is 2.36. The summed E-state index contributed by atoms with van der Waals surface area (Å²) < 4.78 is 0.834. The van der Waals surface area contributed by atoms with Crippen molar-refractivity contribution in [2.75, 3.05) is 22.6 Å². The van der Waals surface area contributed by atoms with Crippen LogP contribution in [0.2, 0.25) is 0 Å². The van der Waals surface area contributed by atoms with Crippen molar-refractivity contribution >= 4 is 29.5 Å². The summed E-state index contributed by atoms with van der Waals surface area (Å²) in [5, 5.41) is 18.4. The van der Waals surface area contributed by atoms with E-state index in [9.17, 15) is 9.59 Å². The molecule has 0 saturated heterocycles. The molecular formula is C14H17N7O3. The van der Waals surface area contributed by atoms with Crippen molar-refractivity contribution < 1.29 is 14.7 Å². The molecule has 0 saturated carbocycles. The molecule has 3 N–H and O–H groups in total. The molecule has 1 amide bonds. The van der Waals surface area contributed by atoms with Crippen LogP contribution in [-0.2, 0) is 11.3 Å². The predicted molar refractivity (Wildman–Crippen MR) is 86.2 cm³/mol. The van der Waals surface area contributed by atoms with Gasteiger partial charge >= 0.3 is 6.09 Å². The summed E-state index contributed by atoms with van der Waals surface area (Å²) in [5.74, 6) is 0.932. The van der Waals surface area contributed by atoms with E-state index in [1.54, 1.807) is 25.8 Å². The summed E-state index contributed by atoms with van der Waals surface area (Å²) in [6.07, 6.45) is 1.73. The maximum atomic E-state index is 11.9. The van der Waals surface area contributed by atoms with Crippen LogP contribution in [0.5, 0.6) is 0 Å². The number of fused-ring (bicyclic) bond motifs is 1. The third-order valence-corrected chi connectivity index (χ3v) is 3.90. The highest BCUT2D eigenvalue weighted by atomic mass is 16.4. The summed E-state index contributed by atoms with van der Waals surface area (Å²) in [5.41, 5.74) is 1.94. The number of nitrogens with zero attached hydrogens (tertiary/aromatic N) is 5. The van der Waals surface area contributed by atoms with Gasteiger partial charge in [0, 0.05) is 25.4 Å². The van der Waals surface area contributed by atoms with Crippen molar-refractivity contribution in [1.29, 1.82) is 0 Å². The first-order valence-corrected chi connectivity index (χ1v) is 7.30. The number of amides is 1. The van der Waals surface area contributed by atoms with Crippen LogP contribution < -0.4 is 15.5 Å². The zero-order valence-electron chi connectivity index (χ0n) is 13.4. The summed E-state index contributed by atoms with van der Waals surface area (Å²) in [6, 6.07) is -0.326. The van der Waals surface area contributed by atoms with Crippen molar-refractivity contribution in [3.05, 3.63) is 23.7 Å². The summed E-state index contributed by atoms with van der Waals surface area (Å²) in [7, 11) is 1.80. The van der Waals surface area contributed by atoms with Crippen molar-refractivity contribution in [1.82, 2.24) is 19.7 Å². The number of rotatable bonds is 3. The Morgan fingerprint density at radius 3 is 2.88 bits per heavy atom. The molecule has 1 unspecified atom stereocenters. The van der Waals surface area contributed by atoms with Crippen LogP contribution >= 0.6 is 0 Å². The zero-order valence-corrected chi connectivity index (χ0v) is 13.4. The predicted octanol–water partition coefficient (Wildman–Crippen LogP) is 0.897. The zero-order chi connectivity index (χ0) is 17.4. The van der Waals surface area contributed by atoms with Gasteiger partial charge in [-0.3, -0.25) is 4.79 Å². The average molecular weight is 331 g/mol. The Hall–Kier alpha value is -3.17. The minimum atomic E-state index is -1.14. The van der Waals surface area contributed by atoms with Gasteiger partial charge in [-0.1, -0.05) is 0 Å². The number of anilines is 3. The largest absolute Gasteiger partial charge is 0.463 e. The van der Waals surface area contributed by atoms with Crippen LogP contribution in [0.3, 0.4) is 0 Å². The van der Waals surface area contributed by atoms with Crippen LogP contribution in [0, 0.1) is 6.92 Å². The number of aromatic nitrogens is 4. The van der Waals surface area contributed by atoms with E-state index < -0.39 is 6.09 Å². The molecule has 3 heterocycles. The van der Waals surface area contributed by atoms with E-state index in [-0.39, 0.29) is 11.9 Å². The lowest BCUT2D eigenvalue weighted by molar-refractivity contribution is -0.117. The number of carboxylic acid groups (broad SMARTS) is 1. The molecule has 3 rings (SSSR count). The van der Waals surface area contributed by atoms with Gasteiger partial charge in [-0.15, -0.1) is 0 Å². The number of carbonyl (C=O) groups is 2. The van der Waals surface area contributed by atoms with Crippen LogP contribution in [-0.4, -0.2) is 49.9 Å². The van der Waals surface area contributed by atoms with Crippen molar-refractivity contribution in [3.63, 3.8) is 0 Å². The highest BCUT2D eigenvalue weighted by Crippen LogP contribution is 2.32. The lowest BCUT2D eigenvalue weighted by Gasteiger charge is -2.32. The van der Waals surface area contributed by atoms with Crippen LogP contribution in [0.1, 0.15) is 18.2 Å². The maximum absolute atomic E-state index is 11.9. The van der Waals surface area contributed by atoms with Crippen molar-refractivity contribution in [3.8, 4) is 0 Å². The smallest absolute Gasteiger partial charge is 0.432 e. The van der Waals surface area contributed by atoms with E-state index in [0.717, 1.165) is 4.68 Å². The number of carbonyl (C=O) groups excluding carboxylic acids is 1. The van der Waals surface area contributed by atoms with E-state index >= 15 is 0 Å². The number of aryl methyl sites for hydroxylation is 1. The van der Waals surface area contributed by atoms with E-state index in [4.69, 9.17) is 5.11 Å². The molecule has 1 aliphatic rings. The lowest BCUT2D eigenvalue weighted by atomic mass is 10.2. The second-order valence-electron chi connectivity index (χ2n) is 5.54. The second kappa shape index (κ2) is 5.80. The van der Waals surface area contributed by atoms with Crippen LogP contribution in [0.25, 0.3) is 0 Å². The van der Waals surface area contributed by atoms with Crippen molar-refractivity contribution in [2.45, 2.75) is 26.4 Å². The molecule has 2 aromatic heterocycles. The molecule has 10 nitrogen and oxygen atoms in total. The standard InChI is InChI=1S/C14H17N7O3/c1-7-10-11(20(3)8(2)12(22)18-10)19-13(17-7)15-4-9-5-16-21(6-9)14(23)24/h5-6,8H,4H2,1-3H3,(H,18,22)(H,23,24)(H,15,17,19). The van der Waals surface area contributed by atoms with E-state index in [0.29, 0.717) is 35.3 Å². The third kappa shape index (κ3) is 2.73. The molecule has 2 aromatic rings. The molecule has 0 bridgehead atoms. The molecular weight excluding hydrogens is 314 g/mol. The maximum Gasteiger partial charge on any atom is 0.432 e. The molecule has 24 heavy (non-hydrogen) atoms. The quantitative estimate of drug-likeness (QED) is 0.757. The normalized spacial score (nSPS) is 16.5. The molecule has 1 aliphatic heterocycles. The fraction of sp³-hybridized carbons (Fsp3) is 0.357. The van der Waals surface area contributed by atoms with Gasteiger partial charge in [-0.25, -0.2) is 9.78 Å². The number of hydrogen-bond acceptors (Lipinski definition) is 7. The molecule has 0 spiro atoms. The number of likely N-dealkylation sites (N-methyl/N-ethyl adjacent to an activating group) is 1. The second-order valence-corrected chi connectivity index (χ2v) is 5.54. The monoisotopic (exact) mass is 331 g/mol. The minimum Gasteiger partial charge on any atom is -0.463 e. The van der Waals surface area contributed by atoms with E-state index in [1.165, 1.54) is 12.4 Å². The summed E-state index contributed by atoms with van der Waals surface area (Å²) >= 11 is 0. The molecule has 0 aliphatic carbocycles. The average Bonchev–Trinajstić information content (AvgIpc) is 3.01. The molecule has 0 fully saturated rings. The first-order valence-electron chi connectivity index (χ1n) is 7.30. The van der Waals surface area contributed by atoms with Gasteiger partial charge in [0.25, 0.3) is 0 Å². The fourth-order valence-corrected chi connectivity index (χ4v) is 2.36. The molecule has 126 valence electrons. The van der Waals surface area contributed by atoms with Gasteiger partial charge in [0.15, 0.2) is 5.82 Å². The van der Waals surface area contributed by atoms with Gasteiger partial charge in [-0.2, -0.15) is 14.8 Å². The SMILES string of the molecule is Cc1nc(NCc2cnn(C(=O)O)c2)nc2c1NC(=O)C(C)N2C. The number of hydrogen-bond donors (Lipinski definition) is 3. The Balaban J connectivity index is 1.81. The van der Waals surface area contributed by atoms with E-state index in [1.807, 2.05) is 0 Å². The van der Waals surface area contributed by atoms with Crippen LogP contribution in [0.4, 0.5) is 22.2 Å². The van der Waals surface area contributed by atoms with Crippen LogP contribution in [0.15, 0.2) is 12.4 Å². The summed E-state index contributed by atoms with van der Waals surface area (Å²) in [6.45, 7) is 3.92. The van der Waals surface area contributed by atoms with Gasteiger partial charge in [0.2, 0.25) is 11.9 Å². The molecule has 1 atom stereocenters. The first kappa shape index (κ1) is 15.7. The third-order valence-electron chi connectivity index (χ3n) is 3.90. The lowest BCUT2D eigenvalue weighted by Crippen LogP contribution is -2.44. The summed E-state index contributed by atoms with van der Waals surface area (Å²) in [4.78, 5) is 33.3. The van der Waals surface area contributed by atoms with E-state index in [2.05, 4.69) is 25.7 Å². The van der Waals surface area contributed by atoms with Gasteiger partial charge < -0.3 is 20.6 Å². The molecule has 0 aromatic carbocycles. The Bertz CT molecular complexity index is 817. The first-order chi connectivity index (χ1) is 11.4. The molecule has 10 heteroatoms. The topological polar surface area (TPSA) is 125 Å². The van der Waals surface area contributed by atoms with Gasteiger partial charge in [-0.05, 0) is 13.8 Å². The Kier molecular flexibility index (Phi) is 3.80. The Morgan fingerprint density at radius 2 is 2.21 bits per heavy atom. The molecule has 0 radical (unpaired) electrons. The Labute approximate surface area is 137 Å². The number of nitrogens with one attached hydrogen (secondary N) is 2. The Morgan fingerprint density at radius 1 is 1.46 bits per heavy atom. The highest BCUT2D eigenvalue weighted by molar-refractivity contribution is 6.03. The minimum absolute atomic E-state index is 0.0986.